The number of aryl methyl sites for hydroxylation is 1. The molecule has 0 amide bonds. The molecule has 2 aromatic carbocycles. The van der Waals surface area contributed by atoms with E-state index < -0.39 is 0 Å². The molecule has 0 N–H and O–H groups in total. The van der Waals surface area contributed by atoms with Crippen LogP contribution in [0.25, 0.3) is 22.2 Å². The normalized spacial score (nSPS) is 11.2. The van der Waals surface area contributed by atoms with E-state index in [4.69, 9.17) is 14.7 Å². The summed E-state index contributed by atoms with van der Waals surface area (Å²) >= 11 is 3.43. The third-order valence-corrected chi connectivity index (χ3v) is 4.53. The number of fused-ring (bicyclic) bond motifs is 2. The lowest BCUT2D eigenvalue weighted by Gasteiger charge is -2.09. The molecule has 0 fully saturated rings. The Balaban J connectivity index is 1.71. The summed E-state index contributed by atoms with van der Waals surface area (Å²) < 4.78 is 9.12. The zero-order valence-corrected chi connectivity index (χ0v) is 14.8. The van der Waals surface area contributed by atoms with Gasteiger partial charge in [0.15, 0.2) is 5.65 Å². The van der Waals surface area contributed by atoms with Gasteiger partial charge in [0.25, 0.3) is 0 Å². The highest BCUT2D eigenvalue weighted by atomic mass is 79.9. The summed E-state index contributed by atoms with van der Waals surface area (Å²) in [6, 6.07) is 17.9. The minimum Gasteiger partial charge on any atom is -0.487 e. The molecule has 0 spiro atoms. The van der Waals surface area contributed by atoms with Crippen LogP contribution in [0.5, 0.6) is 5.75 Å². The second-order valence-electron chi connectivity index (χ2n) is 5.54. The van der Waals surface area contributed by atoms with E-state index in [-0.39, 0.29) is 0 Å². The first-order chi connectivity index (χ1) is 11.7. The van der Waals surface area contributed by atoms with E-state index in [1.54, 1.807) is 0 Å². The average Bonchev–Trinajstić information content (AvgIpc) is 2.95. The minimum absolute atomic E-state index is 0.490. The number of benzene rings is 2. The van der Waals surface area contributed by atoms with Gasteiger partial charge in [0, 0.05) is 11.0 Å². The van der Waals surface area contributed by atoms with Crippen molar-refractivity contribution in [1.82, 2.24) is 14.5 Å². The molecule has 0 atom stereocenters. The number of ether oxygens (including phenoxy) is 1. The molecule has 0 radical (unpaired) electrons. The predicted molar refractivity (Wildman–Crippen MR) is 99.2 cm³/mol. The average molecular weight is 382 g/mol. The van der Waals surface area contributed by atoms with Gasteiger partial charge in [-0.05, 0) is 49.4 Å². The lowest BCUT2D eigenvalue weighted by Crippen LogP contribution is -2.05. The molecule has 0 aliphatic rings. The number of para-hydroxylation sites is 2. The van der Waals surface area contributed by atoms with Crippen molar-refractivity contribution in [3.05, 3.63) is 64.8 Å². The van der Waals surface area contributed by atoms with Gasteiger partial charge >= 0.3 is 0 Å². The van der Waals surface area contributed by atoms with Crippen LogP contribution in [-0.4, -0.2) is 14.5 Å². The minimum atomic E-state index is 0.490. The van der Waals surface area contributed by atoms with Crippen LogP contribution in [0.4, 0.5) is 0 Å². The van der Waals surface area contributed by atoms with E-state index in [1.807, 2.05) is 48.5 Å². The summed E-state index contributed by atoms with van der Waals surface area (Å²) in [4.78, 5) is 9.50. The Morgan fingerprint density at radius 1 is 0.958 bits per heavy atom. The van der Waals surface area contributed by atoms with Gasteiger partial charge in [0.05, 0.1) is 16.7 Å². The lowest BCUT2D eigenvalue weighted by molar-refractivity contribution is 0.296. The van der Waals surface area contributed by atoms with Gasteiger partial charge in [-0.2, -0.15) is 0 Å². The molecule has 2 aromatic heterocycles. The monoisotopic (exact) mass is 381 g/mol. The van der Waals surface area contributed by atoms with Crippen LogP contribution in [0, 0.1) is 0 Å². The summed E-state index contributed by atoms with van der Waals surface area (Å²) in [5, 5.41) is 0. The number of hydrogen-bond donors (Lipinski definition) is 0. The van der Waals surface area contributed by atoms with Crippen molar-refractivity contribution < 1.29 is 4.74 Å². The van der Waals surface area contributed by atoms with Crippen LogP contribution in [0.15, 0.2) is 59.1 Å². The van der Waals surface area contributed by atoms with Gasteiger partial charge in [0.1, 0.15) is 17.9 Å². The fourth-order valence-electron chi connectivity index (χ4n) is 2.83. The molecular formula is C19H16BrN3O. The Kier molecular flexibility index (Phi) is 3.94. The summed E-state index contributed by atoms with van der Waals surface area (Å²) in [6.45, 7) is 3.43. The fraction of sp³-hybridized carbons (Fsp3) is 0.158. The summed E-state index contributed by atoms with van der Waals surface area (Å²) in [6.07, 6.45) is 0. The Morgan fingerprint density at radius 2 is 1.67 bits per heavy atom. The second-order valence-corrected chi connectivity index (χ2v) is 6.46. The van der Waals surface area contributed by atoms with Gasteiger partial charge in [-0.25, -0.2) is 9.97 Å². The van der Waals surface area contributed by atoms with Gasteiger partial charge in [-0.3, -0.25) is 0 Å². The molecule has 0 bridgehead atoms. The molecule has 4 rings (SSSR count). The SMILES string of the molecule is CCn1c(COc2ccc(Br)cc2)cc2nc3ccccc3nc21. The molecule has 0 aliphatic heterocycles. The first-order valence-corrected chi connectivity index (χ1v) is 8.67. The zero-order chi connectivity index (χ0) is 16.5. The van der Waals surface area contributed by atoms with E-state index in [1.165, 1.54) is 0 Å². The highest BCUT2D eigenvalue weighted by Gasteiger charge is 2.12. The maximum atomic E-state index is 5.92. The van der Waals surface area contributed by atoms with E-state index >= 15 is 0 Å². The molecule has 0 saturated heterocycles. The molecule has 120 valence electrons. The molecule has 2 heterocycles. The fourth-order valence-corrected chi connectivity index (χ4v) is 3.10. The van der Waals surface area contributed by atoms with Gasteiger partial charge in [0.2, 0.25) is 0 Å². The first-order valence-electron chi connectivity index (χ1n) is 7.88. The number of rotatable bonds is 4. The number of hydrogen-bond acceptors (Lipinski definition) is 3. The maximum Gasteiger partial charge on any atom is 0.159 e. The second kappa shape index (κ2) is 6.24. The number of nitrogens with zero attached hydrogens (tertiary/aromatic N) is 3. The van der Waals surface area contributed by atoms with Crippen LogP contribution in [0.2, 0.25) is 0 Å². The summed E-state index contributed by atoms with van der Waals surface area (Å²) in [5.74, 6) is 0.845. The van der Waals surface area contributed by atoms with Crippen LogP contribution in [0.3, 0.4) is 0 Å². The Bertz CT molecular complexity index is 1010. The summed E-state index contributed by atoms with van der Waals surface area (Å²) in [5.41, 5.74) is 4.72. The van der Waals surface area contributed by atoms with Crippen molar-refractivity contribution >= 4 is 38.1 Å². The molecule has 0 unspecified atom stereocenters. The van der Waals surface area contributed by atoms with Crippen molar-refractivity contribution in [3.63, 3.8) is 0 Å². The van der Waals surface area contributed by atoms with E-state index in [0.29, 0.717) is 6.61 Å². The van der Waals surface area contributed by atoms with Gasteiger partial charge in [-0.15, -0.1) is 0 Å². The molecule has 5 heteroatoms. The van der Waals surface area contributed by atoms with E-state index in [2.05, 4.69) is 33.5 Å². The topological polar surface area (TPSA) is 39.9 Å². The van der Waals surface area contributed by atoms with Crippen molar-refractivity contribution in [3.8, 4) is 5.75 Å². The van der Waals surface area contributed by atoms with Crippen LogP contribution in [0.1, 0.15) is 12.6 Å². The number of aromatic nitrogens is 3. The zero-order valence-electron chi connectivity index (χ0n) is 13.2. The quantitative estimate of drug-likeness (QED) is 0.502. The molecule has 4 nitrogen and oxygen atoms in total. The van der Waals surface area contributed by atoms with E-state index in [9.17, 15) is 0 Å². The van der Waals surface area contributed by atoms with Crippen molar-refractivity contribution in [2.45, 2.75) is 20.1 Å². The smallest absolute Gasteiger partial charge is 0.159 e. The first kappa shape index (κ1) is 15.1. The third-order valence-electron chi connectivity index (χ3n) is 4.00. The van der Waals surface area contributed by atoms with Gasteiger partial charge < -0.3 is 9.30 Å². The van der Waals surface area contributed by atoms with Crippen molar-refractivity contribution in [1.29, 1.82) is 0 Å². The van der Waals surface area contributed by atoms with Crippen molar-refractivity contribution in [2.24, 2.45) is 0 Å². The maximum absolute atomic E-state index is 5.92. The summed E-state index contributed by atoms with van der Waals surface area (Å²) in [7, 11) is 0. The Labute approximate surface area is 148 Å². The van der Waals surface area contributed by atoms with Crippen molar-refractivity contribution in [2.75, 3.05) is 0 Å². The third kappa shape index (κ3) is 2.76. The molecule has 24 heavy (non-hydrogen) atoms. The predicted octanol–water partition coefficient (Wildman–Crippen LogP) is 4.95. The molecule has 0 saturated carbocycles. The number of halogens is 1. The molecular weight excluding hydrogens is 366 g/mol. The molecule has 0 aliphatic carbocycles. The Hall–Kier alpha value is -2.40. The van der Waals surface area contributed by atoms with E-state index in [0.717, 1.165) is 44.7 Å². The van der Waals surface area contributed by atoms with Gasteiger partial charge in [-0.1, -0.05) is 28.1 Å². The Morgan fingerprint density at radius 3 is 2.38 bits per heavy atom. The van der Waals surface area contributed by atoms with Crippen LogP contribution < -0.4 is 4.74 Å². The lowest BCUT2D eigenvalue weighted by atomic mass is 10.3. The highest BCUT2D eigenvalue weighted by Crippen LogP contribution is 2.22. The van der Waals surface area contributed by atoms with Crippen LogP contribution >= 0.6 is 15.9 Å². The largest absolute Gasteiger partial charge is 0.487 e. The molecule has 4 aromatic rings. The van der Waals surface area contributed by atoms with Crippen LogP contribution in [-0.2, 0) is 13.2 Å². The standard InChI is InChI=1S/C19H16BrN3O/c1-2-23-14(12-24-15-9-7-13(20)8-10-15)11-18-19(23)22-17-6-4-3-5-16(17)21-18/h3-11H,2,12H2,1H3. The highest BCUT2D eigenvalue weighted by molar-refractivity contribution is 9.10.